The Morgan fingerprint density at radius 1 is 1.24 bits per heavy atom. The molecule has 4 heterocycles. The van der Waals surface area contributed by atoms with E-state index in [9.17, 15) is 18.4 Å². The van der Waals surface area contributed by atoms with E-state index in [1.54, 1.807) is 19.2 Å². The van der Waals surface area contributed by atoms with Crippen LogP contribution in [0.5, 0.6) is 5.75 Å². The van der Waals surface area contributed by atoms with Gasteiger partial charge < -0.3 is 4.74 Å². The number of amides is 1. The van der Waals surface area contributed by atoms with Gasteiger partial charge in [0.25, 0.3) is 17.9 Å². The molecule has 12 heteroatoms. The summed E-state index contributed by atoms with van der Waals surface area (Å²) < 4.78 is 33.7. The van der Waals surface area contributed by atoms with Crippen molar-refractivity contribution >= 4 is 22.4 Å². The Kier molecular flexibility index (Phi) is 6.69. The zero-order valence-corrected chi connectivity index (χ0v) is 21.0. The van der Waals surface area contributed by atoms with Crippen LogP contribution in [-0.2, 0) is 0 Å². The fraction of sp³-hybridized carbons (Fsp3) is 0.231. The van der Waals surface area contributed by atoms with Gasteiger partial charge in [0.1, 0.15) is 22.3 Å². The second-order valence-electron chi connectivity index (χ2n) is 8.63. The number of halogens is 2. The molecule has 0 spiro atoms. The number of terminal acetylenes is 1. The van der Waals surface area contributed by atoms with Crippen LogP contribution in [-0.4, -0.2) is 37.7 Å². The first-order valence-corrected chi connectivity index (χ1v) is 12.2. The van der Waals surface area contributed by atoms with Gasteiger partial charge in [0.15, 0.2) is 0 Å². The number of rotatable bonds is 7. The van der Waals surface area contributed by atoms with Crippen LogP contribution in [0.4, 0.5) is 13.9 Å². The van der Waals surface area contributed by atoms with E-state index in [-0.39, 0.29) is 50.8 Å². The third kappa shape index (κ3) is 4.88. The minimum Gasteiger partial charge on any atom is -0.494 e. The number of nitrogens with one attached hydrogen (secondary N) is 1. The monoisotopic (exact) mass is 534 g/mol. The fourth-order valence-corrected chi connectivity index (χ4v) is 4.87. The lowest BCUT2D eigenvalue weighted by atomic mass is 10.00. The van der Waals surface area contributed by atoms with Crippen molar-refractivity contribution in [3.05, 3.63) is 75.0 Å². The molecule has 9 nitrogen and oxygen atoms in total. The molecule has 2 atom stereocenters. The summed E-state index contributed by atoms with van der Waals surface area (Å²) in [5.74, 6) is 2.67. The highest BCUT2D eigenvalue weighted by molar-refractivity contribution is 7.15. The Hall–Kier alpha value is -4.50. The predicted molar refractivity (Wildman–Crippen MR) is 137 cm³/mol. The lowest BCUT2D eigenvalue weighted by molar-refractivity contribution is 0.102. The van der Waals surface area contributed by atoms with Gasteiger partial charge >= 0.3 is 0 Å². The van der Waals surface area contributed by atoms with Gasteiger partial charge in [0, 0.05) is 41.4 Å². The molecule has 38 heavy (non-hydrogen) atoms. The van der Waals surface area contributed by atoms with Crippen molar-refractivity contribution in [3.8, 4) is 35.0 Å². The van der Waals surface area contributed by atoms with E-state index in [1.807, 2.05) is 0 Å². The zero-order valence-electron chi connectivity index (χ0n) is 20.2. The molecule has 1 aliphatic rings. The van der Waals surface area contributed by atoms with Crippen LogP contribution in [0.2, 0.25) is 0 Å². The summed E-state index contributed by atoms with van der Waals surface area (Å²) in [7, 11) is 1.36. The highest BCUT2D eigenvalue weighted by Gasteiger charge is 2.39. The Bertz CT molecular complexity index is 1640. The van der Waals surface area contributed by atoms with E-state index < -0.39 is 18.0 Å². The molecule has 0 saturated heterocycles. The average Bonchev–Trinajstić information content (AvgIpc) is 3.56. The number of carbonyl (C=O) groups is 1. The summed E-state index contributed by atoms with van der Waals surface area (Å²) in [4.78, 5) is 34.0. The molecule has 1 saturated carbocycles. The van der Waals surface area contributed by atoms with Crippen molar-refractivity contribution in [2.24, 2.45) is 5.92 Å². The average molecular weight is 535 g/mol. The van der Waals surface area contributed by atoms with Crippen LogP contribution in [0.15, 0.2) is 47.7 Å². The molecular weight excluding hydrogens is 514 g/mol. The van der Waals surface area contributed by atoms with E-state index in [4.69, 9.17) is 11.2 Å². The van der Waals surface area contributed by atoms with E-state index in [2.05, 4.69) is 31.4 Å². The molecule has 1 aliphatic carbocycles. The number of aryl methyl sites for hydroxylation is 1. The highest BCUT2D eigenvalue weighted by atomic mass is 32.1. The van der Waals surface area contributed by atoms with E-state index in [0.717, 1.165) is 29.3 Å². The van der Waals surface area contributed by atoms with Crippen LogP contribution in [0.3, 0.4) is 0 Å². The summed E-state index contributed by atoms with van der Waals surface area (Å²) in [5, 5.41) is 11.8. The van der Waals surface area contributed by atoms with Crippen molar-refractivity contribution in [1.82, 2.24) is 24.7 Å². The van der Waals surface area contributed by atoms with E-state index in [0.29, 0.717) is 0 Å². The Morgan fingerprint density at radius 2 is 2.05 bits per heavy atom. The van der Waals surface area contributed by atoms with Crippen molar-refractivity contribution in [2.75, 3.05) is 12.4 Å². The predicted octanol–water partition coefficient (Wildman–Crippen LogP) is 4.39. The number of aromatic nitrogens is 5. The highest BCUT2D eigenvalue weighted by Crippen LogP contribution is 2.48. The second kappa shape index (κ2) is 10.1. The molecule has 0 aliphatic heterocycles. The number of hydrogen-bond acceptors (Lipinski definition) is 8. The first-order valence-electron chi connectivity index (χ1n) is 11.4. The molecule has 4 aromatic heterocycles. The van der Waals surface area contributed by atoms with Crippen LogP contribution in [0.25, 0.3) is 16.9 Å². The third-order valence-electron chi connectivity index (χ3n) is 6.06. The Labute approximate surface area is 219 Å². The van der Waals surface area contributed by atoms with Crippen molar-refractivity contribution in [2.45, 2.75) is 25.7 Å². The molecule has 0 unspecified atom stereocenters. The molecule has 1 amide bonds. The number of pyridine rings is 3. The Balaban J connectivity index is 1.59. The standard InChI is InChI=1S/C26H20F2N6O3S/c1-4-14-8-15(14)25-32-33-26(38-25)31-24(36)18-11-30-21(34-6-5-13(2)7-22(34)35)10-16(18)17-9-19(23(27)28)29-12-20(17)37-3/h1,5-7,9-12,14-15,23H,8H2,2-3H3,(H,31,33,36)/t14-,15-/m0/s1. The molecular formula is C26H20F2N6O3S. The van der Waals surface area contributed by atoms with Gasteiger partial charge in [-0.3, -0.25) is 24.5 Å². The maximum atomic E-state index is 13.5. The van der Waals surface area contributed by atoms with Crippen LogP contribution >= 0.6 is 11.3 Å². The van der Waals surface area contributed by atoms with Gasteiger partial charge in [-0.25, -0.2) is 13.8 Å². The van der Waals surface area contributed by atoms with Gasteiger partial charge in [-0.15, -0.1) is 22.5 Å². The maximum absolute atomic E-state index is 13.5. The topological polar surface area (TPSA) is 112 Å². The first-order chi connectivity index (χ1) is 18.3. The number of hydrogen-bond donors (Lipinski definition) is 1. The van der Waals surface area contributed by atoms with Gasteiger partial charge in [0.05, 0.1) is 18.9 Å². The molecule has 0 radical (unpaired) electrons. The first kappa shape index (κ1) is 25.2. The van der Waals surface area contributed by atoms with Crippen molar-refractivity contribution < 1.29 is 18.3 Å². The summed E-state index contributed by atoms with van der Waals surface area (Å²) in [6.07, 6.45) is 7.40. The summed E-state index contributed by atoms with van der Waals surface area (Å²) in [6, 6.07) is 5.77. The molecule has 0 bridgehead atoms. The number of anilines is 1. The lowest BCUT2D eigenvalue weighted by Gasteiger charge is -2.15. The molecule has 5 rings (SSSR count). The third-order valence-corrected chi connectivity index (χ3v) is 7.03. The van der Waals surface area contributed by atoms with Crippen LogP contribution in [0.1, 0.15) is 45.4 Å². The van der Waals surface area contributed by atoms with Crippen LogP contribution in [0, 0.1) is 25.2 Å². The molecule has 0 aromatic carbocycles. The van der Waals surface area contributed by atoms with Gasteiger partial charge in [-0.05, 0) is 37.1 Å². The quantitative estimate of drug-likeness (QED) is 0.350. The second-order valence-corrected chi connectivity index (χ2v) is 9.63. The number of carbonyl (C=O) groups excluding carboxylic acids is 1. The van der Waals surface area contributed by atoms with E-state index in [1.165, 1.54) is 41.3 Å². The number of methoxy groups -OCH3 is 1. The number of ether oxygens (including phenoxy) is 1. The van der Waals surface area contributed by atoms with Crippen LogP contribution < -0.4 is 15.6 Å². The summed E-state index contributed by atoms with van der Waals surface area (Å²) in [5.41, 5.74) is 0.348. The fourth-order valence-electron chi connectivity index (χ4n) is 3.95. The number of alkyl halides is 2. The largest absolute Gasteiger partial charge is 0.494 e. The van der Waals surface area contributed by atoms with Gasteiger partial charge in [-0.2, -0.15) is 0 Å². The minimum atomic E-state index is -2.85. The van der Waals surface area contributed by atoms with E-state index >= 15 is 0 Å². The molecule has 1 fully saturated rings. The molecule has 192 valence electrons. The lowest BCUT2D eigenvalue weighted by Crippen LogP contribution is -2.19. The summed E-state index contributed by atoms with van der Waals surface area (Å²) in [6.45, 7) is 1.78. The molecule has 1 N–H and O–H groups in total. The Morgan fingerprint density at radius 3 is 2.74 bits per heavy atom. The number of nitrogens with zero attached hydrogens (tertiary/aromatic N) is 5. The minimum absolute atomic E-state index is 0.0447. The normalized spacial score (nSPS) is 16.2. The van der Waals surface area contributed by atoms with Crippen molar-refractivity contribution in [1.29, 1.82) is 0 Å². The smallest absolute Gasteiger partial charge is 0.280 e. The van der Waals surface area contributed by atoms with Crippen molar-refractivity contribution in [3.63, 3.8) is 0 Å². The van der Waals surface area contributed by atoms with Gasteiger partial charge in [0.2, 0.25) is 5.13 Å². The summed E-state index contributed by atoms with van der Waals surface area (Å²) >= 11 is 1.22. The van der Waals surface area contributed by atoms with Gasteiger partial charge in [-0.1, -0.05) is 11.3 Å². The SMILES string of the molecule is C#C[C@H]1C[C@@H]1c1nnc(NC(=O)c2cnc(-n3ccc(C)cc3=O)cc2-c2cc(C(F)F)ncc2OC)s1. The molecule has 4 aromatic rings. The zero-order chi connectivity index (χ0) is 27.0. The maximum Gasteiger partial charge on any atom is 0.280 e.